The average molecular weight is 244 g/mol. The van der Waals surface area contributed by atoms with Crippen LogP contribution >= 0.6 is 0 Å². The van der Waals surface area contributed by atoms with Crippen molar-refractivity contribution in [1.82, 2.24) is 9.80 Å². The van der Waals surface area contributed by atoms with Crippen LogP contribution in [0.2, 0.25) is 0 Å². The molecule has 2 heteroatoms. The van der Waals surface area contributed by atoms with E-state index in [1.165, 1.54) is 11.4 Å². The van der Waals surface area contributed by atoms with Gasteiger partial charge in [0.05, 0.1) is 0 Å². The molecule has 1 aliphatic rings. The number of nitrogens with zero attached hydrogens (tertiary/aromatic N) is 2. The minimum atomic E-state index is 1.01. The zero-order chi connectivity index (χ0) is 13.4. The van der Waals surface area contributed by atoms with Crippen molar-refractivity contribution in [2.45, 2.75) is 13.8 Å². The summed E-state index contributed by atoms with van der Waals surface area (Å²) in [6.07, 6.45) is 16.7. The monoisotopic (exact) mass is 244 g/mol. The molecule has 0 N–H and O–H groups in total. The van der Waals surface area contributed by atoms with Gasteiger partial charge in [-0.05, 0) is 13.8 Å². The third-order valence-electron chi connectivity index (χ3n) is 2.85. The Morgan fingerprint density at radius 2 is 1.28 bits per heavy atom. The molecule has 0 atom stereocenters. The highest BCUT2D eigenvalue weighted by Gasteiger charge is 2.11. The van der Waals surface area contributed by atoms with Crippen LogP contribution in [0.1, 0.15) is 13.8 Å². The molecule has 0 saturated carbocycles. The first kappa shape index (κ1) is 14.4. The van der Waals surface area contributed by atoms with Gasteiger partial charge in [0.15, 0.2) is 0 Å². The minimum Gasteiger partial charge on any atom is -0.364 e. The van der Waals surface area contributed by atoms with Crippen LogP contribution in [-0.2, 0) is 0 Å². The van der Waals surface area contributed by atoms with Crippen molar-refractivity contribution < 1.29 is 0 Å². The quantitative estimate of drug-likeness (QED) is 0.748. The molecule has 0 saturated heterocycles. The highest BCUT2D eigenvalue weighted by atomic mass is 15.3. The van der Waals surface area contributed by atoms with Crippen molar-refractivity contribution in [2.24, 2.45) is 0 Å². The van der Waals surface area contributed by atoms with Crippen molar-refractivity contribution in [3.63, 3.8) is 0 Å². The normalized spacial score (nSPS) is 21.2. The Labute approximate surface area is 111 Å². The van der Waals surface area contributed by atoms with Crippen LogP contribution in [0.4, 0.5) is 0 Å². The van der Waals surface area contributed by atoms with Gasteiger partial charge in [0.25, 0.3) is 0 Å². The van der Waals surface area contributed by atoms with Crippen LogP contribution in [0.15, 0.2) is 60.0 Å². The Balaban J connectivity index is 3.23. The summed E-state index contributed by atoms with van der Waals surface area (Å²) in [5.74, 6) is 1.26. The van der Waals surface area contributed by atoms with Crippen molar-refractivity contribution in [1.29, 1.82) is 0 Å². The molecule has 0 heterocycles. The summed E-state index contributed by atoms with van der Waals surface area (Å²) >= 11 is 0. The molecule has 0 fully saturated rings. The first-order chi connectivity index (χ1) is 8.70. The molecule has 98 valence electrons. The summed E-state index contributed by atoms with van der Waals surface area (Å²) in [6.45, 7) is 6.41. The maximum atomic E-state index is 2.37. The van der Waals surface area contributed by atoms with E-state index >= 15 is 0 Å². The third kappa shape index (κ3) is 3.95. The van der Waals surface area contributed by atoms with Crippen molar-refractivity contribution >= 4 is 0 Å². The number of rotatable bonds is 4. The van der Waals surface area contributed by atoms with Crippen LogP contribution in [0, 0.1) is 0 Å². The van der Waals surface area contributed by atoms with E-state index in [9.17, 15) is 0 Å². The number of hydrogen-bond donors (Lipinski definition) is 0. The molecule has 18 heavy (non-hydrogen) atoms. The Hall–Kier alpha value is -1.70. The summed E-state index contributed by atoms with van der Waals surface area (Å²) in [5.41, 5.74) is 1.24. The van der Waals surface area contributed by atoms with Crippen molar-refractivity contribution in [3.05, 3.63) is 60.0 Å². The molecule has 0 aromatic rings. The lowest BCUT2D eigenvalue weighted by molar-refractivity contribution is 0.275. The summed E-state index contributed by atoms with van der Waals surface area (Å²) < 4.78 is 0. The number of hydrogen-bond acceptors (Lipinski definition) is 2. The molecule has 2 nitrogen and oxygen atoms in total. The summed E-state index contributed by atoms with van der Waals surface area (Å²) in [4.78, 5) is 4.55. The van der Waals surface area contributed by atoms with Gasteiger partial charge in [-0.1, -0.05) is 48.6 Å². The Kier molecular flexibility index (Phi) is 6.06. The molecule has 0 aromatic carbocycles. The molecule has 0 aromatic heterocycles. The smallest absolute Gasteiger partial charge is 0.111 e. The third-order valence-corrected chi connectivity index (χ3v) is 2.85. The van der Waals surface area contributed by atoms with E-state index in [-0.39, 0.29) is 0 Å². The Bertz CT molecular complexity index is 367. The van der Waals surface area contributed by atoms with Crippen molar-refractivity contribution in [3.8, 4) is 0 Å². The molecule has 0 unspecified atom stereocenters. The Morgan fingerprint density at radius 1 is 0.833 bits per heavy atom. The molecule has 0 radical (unpaired) electrons. The highest BCUT2D eigenvalue weighted by molar-refractivity contribution is 5.39. The van der Waals surface area contributed by atoms with Gasteiger partial charge in [0, 0.05) is 32.8 Å². The van der Waals surface area contributed by atoms with Gasteiger partial charge in [-0.3, -0.25) is 0 Å². The molecule has 0 aliphatic heterocycles. The molecule has 0 amide bonds. The standard InChI is InChI=1S/C16H24N2/c1-5-18(6-2)16(17(3)4)15-13-11-9-7-8-10-12-14-15/h7-14H,5-6H2,1-4H3/b9-7-,10-8-,13-11-,14-12-. The van der Waals surface area contributed by atoms with Gasteiger partial charge >= 0.3 is 0 Å². The predicted molar refractivity (Wildman–Crippen MR) is 80.2 cm³/mol. The second-order valence-corrected chi connectivity index (χ2v) is 4.33. The van der Waals surface area contributed by atoms with Gasteiger partial charge < -0.3 is 9.80 Å². The topological polar surface area (TPSA) is 6.48 Å². The first-order valence-electron chi connectivity index (χ1n) is 6.55. The highest BCUT2D eigenvalue weighted by Crippen LogP contribution is 2.16. The summed E-state index contributed by atoms with van der Waals surface area (Å²) in [6, 6.07) is 0. The summed E-state index contributed by atoms with van der Waals surface area (Å²) in [7, 11) is 4.20. The predicted octanol–water partition coefficient (Wildman–Crippen LogP) is 3.34. The largest absolute Gasteiger partial charge is 0.364 e. The maximum Gasteiger partial charge on any atom is 0.111 e. The van der Waals surface area contributed by atoms with E-state index in [2.05, 4.69) is 74.2 Å². The Morgan fingerprint density at radius 3 is 1.67 bits per heavy atom. The van der Waals surface area contributed by atoms with Crippen LogP contribution in [0.3, 0.4) is 0 Å². The average Bonchev–Trinajstić information content (AvgIpc) is 2.48. The lowest BCUT2D eigenvalue weighted by Gasteiger charge is -2.31. The molecule has 1 rings (SSSR count). The molecule has 0 bridgehead atoms. The van der Waals surface area contributed by atoms with E-state index in [4.69, 9.17) is 0 Å². The summed E-state index contributed by atoms with van der Waals surface area (Å²) in [5, 5.41) is 0. The first-order valence-corrected chi connectivity index (χ1v) is 6.55. The fourth-order valence-electron chi connectivity index (χ4n) is 2.03. The molecule has 1 aliphatic carbocycles. The van der Waals surface area contributed by atoms with E-state index in [0.717, 1.165) is 13.1 Å². The second kappa shape index (κ2) is 7.59. The van der Waals surface area contributed by atoms with Crippen LogP contribution < -0.4 is 0 Å². The minimum absolute atomic E-state index is 1.01. The van der Waals surface area contributed by atoms with Crippen LogP contribution in [0.5, 0.6) is 0 Å². The lowest BCUT2D eigenvalue weighted by Crippen LogP contribution is -2.32. The van der Waals surface area contributed by atoms with Gasteiger partial charge in [-0.2, -0.15) is 0 Å². The fourth-order valence-corrected chi connectivity index (χ4v) is 2.03. The van der Waals surface area contributed by atoms with Gasteiger partial charge in [-0.15, -0.1) is 0 Å². The zero-order valence-electron chi connectivity index (χ0n) is 11.9. The lowest BCUT2D eigenvalue weighted by atomic mass is 10.2. The van der Waals surface area contributed by atoms with Gasteiger partial charge in [0.1, 0.15) is 5.82 Å². The van der Waals surface area contributed by atoms with Crippen molar-refractivity contribution in [2.75, 3.05) is 27.2 Å². The van der Waals surface area contributed by atoms with Crippen LogP contribution in [0.25, 0.3) is 0 Å². The number of allylic oxidation sites excluding steroid dienone is 9. The SMILES string of the molecule is CCN(CC)C(=C1\C=C/C=C\C=C/C=C\1)N(C)C. The second-order valence-electron chi connectivity index (χ2n) is 4.33. The zero-order valence-corrected chi connectivity index (χ0v) is 11.9. The van der Waals surface area contributed by atoms with E-state index in [1.807, 2.05) is 12.2 Å². The molecular weight excluding hydrogens is 220 g/mol. The van der Waals surface area contributed by atoms with Gasteiger partial charge in [-0.25, -0.2) is 0 Å². The molecular formula is C16H24N2. The maximum absolute atomic E-state index is 2.37. The van der Waals surface area contributed by atoms with E-state index in [1.54, 1.807) is 0 Å². The van der Waals surface area contributed by atoms with E-state index < -0.39 is 0 Å². The van der Waals surface area contributed by atoms with Gasteiger partial charge in [0.2, 0.25) is 0 Å². The van der Waals surface area contributed by atoms with E-state index in [0.29, 0.717) is 0 Å². The molecule has 0 spiro atoms. The van der Waals surface area contributed by atoms with Crippen LogP contribution in [-0.4, -0.2) is 37.0 Å². The fraction of sp³-hybridized carbons (Fsp3) is 0.375.